The zero-order chi connectivity index (χ0) is 13.1. The van der Waals surface area contributed by atoms with Crippen molar-refractivity contribution in [3.05, 3.63) is 0 Å². The van der Waals surface area contributed by atoms with Gasteiger partial charge in [-0.3, -0.25) is 0 Å². The lowest BCUT2D eigenvalue weighted by Crippen LogP contribution is -2.51. The van der Waals surface area contributed by atoms with Crippen LogP contribution in [0.25, 0.3) is 0 Å². The van der Waals surface area contributed by atoms with Gasteiger partial charge in [0.2, 0.25) is 0 Å². The summed E-state index contributed by atoms with van der Waals surface area (Å²) in [5.74, 6) is 0.305. The first-order chi connectivity index (χ1) is 9.31. The van der Waals surface area contributed by atoms with Gasteiger partial charge in [-0.2, -0.15) is 5.26 Å². The molecule has 3 fully saturated rings. The number of hydrogen-bond acceptors (Lipinski definition) is 3. The van der Waals surface area contributed by atoms with E-state index in [1.54, 1.807) is 0 Å². The molecule has 0 aromatic carbocycles. The van der Waals surface area contributed by atoms with E-state index in [0.29, 0.717) is 12.0 Å². The minimum Gasteiger partial charge on any atom is -0.375 e. The van der Waals surface area contributed by atoms with Gasteiger partial charge in [0.1, 0.15) is 0 Å². The predicted molar refractivity (Wildman–Crippen MR) is 74.7 cm³/mol. The lowest BCUT2D eigenvalue weighted by atomic mass is 9.77. The molecule has 3 nitrogen and oxygen atoms in total. The average Bonchev–Trinajstić information content (AvgIpc) is 2.48. The first kappa shape index (κ1) is 13.4. The van der Waals surface area contributed by atoms with Crippen molar-refractivity contribution >= 4 is 0 Å². The van der Waals surface area contributed by atoms with Crippen molar-refractivity contribution < 1.29 is 4.74 Å². The molecule has 3 rings (SSSR count). The molecule has 1 unspecified atom stereocenters. The number of rotatable bonds is 1. The van der Waals surface area contributed by atoms with Gasteiger partial charge < -0.3 is 9.64 Å². The standard InChI is InChI=1S/C16H26N2O/c17-13-14-4-9-18(10-5-14)15-6-11-19-16(12-15)7-2-1-3-8-16/h14-15H,1-12H2. The Labute approximate surface area is 116 Å². The normalized spacial score (nSPS) is 33.1. The maximum atomic E-state index is 9.00. The molecule has 1 saturated carbocycles. The molecule has 1 spiro atoms. The summed E-state index contributed by atoms with van der Waals surface area (Å²) in [5, 5.41) is 9.00. The molecule has 19 heavy (non-hydrogen) atoms. The zero-order valence-corrected chi connectivity index (χ0v) is 11.9. The van der Waals surface area contributed by atoms with Gasteiger partial charge in [0.05, 0.1) is 11.7 Å². The van der Waals surface area contributed by atoms with Crippen molar-refractivity contribution in [2.24, 2.45) is 5.92 Å². The molecular formula is C16H26N2O. The molecule has 0 aromatic heterocycles. The summed E-state index contributed by atoms with van der Waals surface area (Å²) in [5.41, 5.74) is 0.216. The largest absolute Gasteiger partial charge is 0.375 e. The highest BCUT2D eigenvalue weighted by molar-refractivity contribution is 4.95. The van der Waals surface area contributed by atoms with Gasteiger partial charge in [-0.25, -0.2) is 0 Å². The van der Waals surface area contributed by atoms with E-state index in [9.17, 15) is 0 Å². The Balaban J connectivity index is 1.58. The molecule has 106 valence electrons. The fourth-order valence-corrected chi connectivity index (χ4v) is 4.25. The van der Waals surface area contributed by atoms with Crippen LogP contribution in [0.3, 0.4) is 0 Å². The Bertz CT molecular complexity index is 330. The number of piperidine rings is 1. The van der Waals surface area contributed by atoms with Crippen LogP contribution in [0.5, 0.6) is 0 Å². The van der Waals surface area contributed by atoms with Gasteiger partial charge in [0.15, 0.2) is 0 Å². The van der Waals surface area contributed by atoms with Gasteiger partial charge in [-0.1, -0.05) is 19.3 Å². The Kier molecular flexibility index (Phi) is 4.10. The summed E-state index contributed by atoms with van der Waals surface area (Å²) >= 11 is 0. The zero-order valence-electron chi connectivity index (χ0n) is 11.9. The number of ether oxygens (including phenoxy) is 1. The van der Waals surface area contributed by atoms with Gasteiger partial charge in [-0.15, -0.1) is 0 Å². The monoisotopic (exact) mass is 262 g/mol. The molecule has 3 aliphatic rings. The lowest BCUT2D eigenvalue weighted by molar-refractivity contribution is -0.126. The van der Waals surface area contributed by atoms with Crippen LogP contribution < -0.4 is 0 Å². The van der Waals surface area contributed by atoms with Crippen LogP contribution in [-0.2, 0) is 4.74 Å². The number of hydrogen-bond donors (Lipinski definition) is 0. The van der Waals surface area contributed by atoms with Gasteiger partial charge in [-0.05, 0) is 51.6 Å². The highest BCUT2D eigenvalue weighted by atomic mass is 16.5. The Hall–Kier alpha value is -0.590. The molecule has 2 saturated heterocycles. The van der Waals surface area contributed by atoms with Crippen molar-refractivity contribution in [1.82, 2.24) is 4.90 Å². The molecule has 3 heteroatoms. The minimum absolute atomic E-state index is 0.216. The average molecular weight is 262 g/mol. The highest BCUT2D eigenvalue weighted by Gasteiger charge is 2.40. The topological polar surface area (TPSA) is 36.3 Å². The maximum Gasteiger partial charge on any atom is 0.0697 e. The summed E-state index contributed by atoms with van der Waals surface area (Å²) in [6.45, 7) is 3.20. The lowest BCUT2D eigenvalue weighted by Gasteiger charge is -2.47. The highest BCUT2D eigenvalue weighted by Crippen LogP contribution is 2.40. The second kappa shape index (κ2) is 5.81. The van der Waals surface area contributed by atoms with Crippen LogP contribution in [0.2, 0.25) is 0 Å². The smallest absolute Gasteiger partial charge is 0.0697 e. The Morgan fingerprint density at radius 2 is 1.79 bits per heavy atom. The first-order valence-corrected chi connectivity index (χ1v) is 8.09. The molecule has 0 radical (unpaired) electrons. The molecule has 2 heterocycles. The van der Waals surface area contributed by atoms with Crippen LogP contribution >= 0.6 is 0 Å². The second-order valence-corrected chi connectivity index (χ2v) is 6.68. The van der Waals surface area contributed by atoms with E-state index < -0.39 is 0 Å². The van der Waals surface area contributed by atoms with Crippen LogP contribution in [0.15, 0.2) is 0 Å². The molecular weight excluding hydrogens is 236 g/mol. The quantitative estimate of drug-likeness (QED) is 0.728. The van der Waals surface area contributed by atoms with Crippen molar-refractivity contribution in [3.8, 4) is 6.07 Å². The van der Waals surface area contributed by atoms with Crippen LogP contribution in [0.1, 0.15) is 57.8 Å². The van der Waals surface area contributed by atoms with Gasteiger partial charge in [0.25, 0.3) is 0 Å². The summed E-state index contributed by atoms with van der Waals surface area (Å²) < 4.78 is 6.19. The molecule has 1 aliphatic carbocycles. The summed E-state index contributed by atoms with van der Waals surface area (Å²) in [6.07, 6.45) is 11.2. The number of likely N-dealkylation sites (tertiary alicyclic amines) is 1. The molecule has 2 aliphatic heterocycles. The number of nitrogens with zero attached hydrogens (tertiary/aromatic N) is 2. The van der Waals surface area contributed by atoms with E-state index >= 15 is 0 Å². The first-order valence-electron chi connectivity index (χ1n) is 8.09. The van der Waals surface area contributed by atoms with Crippen molar-refractivity contribution in [2.75, 3.05) is 19.7 Å². The third kappa shape index (κ3) is 2.95. The fraction of sp³-hybridized carbons (Fsp3) is 0.938. The minimum atomic E-state index is 0.216. The van der Waals surface area contributed by atoms with E-state index in [-0.39, 0.29) is 5.60 Å². The van der Waals surface area contributed by atoms with Crippen LogP contribution in [-0.4, -0.2) is 36.2 Å². The Morgan fingerprint density at radius 3 is 2.47 bits per heavy atom. The molecule has 1 atom stereocenters. The van der Waals surface area contributed by atoms with Crippen molar-refractivity contribution in [1.29, 1.82) is 5.26 Å². The summed E-state index contributed by atoms with van der Waals surface area (Å²) in [7, 11) is 0. The third-order valence-corrected chi connectivity index (χ3v) is 5.46. The van der Waals surface area contributed by atoms with Crippen LogP contribution in [0, 0.1) is 17.2 Å². The molecule has 0 aromatic rings. The van der Waals surface area contributed by atoms with E-state index in [0.717, 1.165) is 32.5 Å². The SMILES string of the molecule is N#CC1CCN(C2CCOC3(CCCCC3)C2)CC1. The summed E-state index contributed by atoms with van der Waals surface area (Å²) in [4.78, 5) is 2.65. The number of nitriles is 1. The van der Waals surface area contributed by atoms with E-state index in [1.807, 2.05) is 0 Å². The van der Waals surface area contributed by atoms with Crippen LogP contribution in [0.4, 0.5) is 0 Å². The van der Waals surface area contributed by atoms with Crippen molar-refractivity contribution in [3.63, 3.8) is 0 Å². The fourth-order valence-electron chi connectivity index (χ4n) is 4.25. The van der Waals surface area contributed by atoms with E-state index in [4.69, 9.17) is 10.00 Å². The van der Waals surface area contributed by atoms with Gasteiger partial charge >= 0.3 is 0 Å². The van der Waals surface area contributed by atoms with Gasteiger partial charge in [0, 0.05) is 18.6 Å². The molecule has 0 bridgehead atoms. The van der Waals surface area contributed by atoms with Crippen molar-refractivity contribution in [2.45, 2.75) is 69.4 Å². The Morgan fingerprint density at radius 1 is 1.05 bits per heavy atom. The van der Waals surface area contributed by atoms with E-state index in [1.165, 1.54) is 44.9 Å². The molecule has 0 N–H and O–H groups in total. The maximum absolute atomic E-state index is 9.00. The third-order valence-electron chi connectivity index (χ3n) is 5.46. The second-order valence-electron chi connectivity index (χ2n) is 6.68. The predicted octanol–water partition coefficient (Wildman–Crippen LogP) is 3.10. The molecule has 0 amide bonds. The summed E-state index contributed by atoms with van der Waals surface area (Å²) in [6, 6.07) is 3.15. The van der Waals surface area contributed by atoms with E-state index in [2.05, 4.69) is 11.0 Å².